The third-order valence-electron chi connectivity index (χ3n) is 3.10. The molecular weight excluding hydrogens is 218 g/mol. The monoisotopic (exact) mass is 233 g/mol. The van der Waals surface area contributed by atoms with Crippen molar-refractivity contribution in [3.8, 4) is 0 Å². The summed E-state index contributed by atoms with van der Waals surface area (Å²) < 4.78 is 5.31. The van der Waals surface area contributed by atoms with Gasteiger partial charge in [0.15, 0.2) is 0 Å². The Kier molecular flexibility index (Phi) is 3.13. The van der Waals surface area contributed by atoms with E-state index in [4.69, 9.17) is 9.84 Å². The Morgan fingerprint density at radius 3 is 2.62 bits per heavy atom. The number of carbonyl (C=O) groups is 1. The first-order chi connectivity index (χ1) is 7.54. The number of hydrogen-bond acceptors (Lipinski definition) is 6. The van der Waals surface area contributed by atoms with Crippen molar-refractivity contribution in [1.82, 2.24) is 5.32 Å². The zero-order valence-corrected chi connectivity index (χ0v) is 8.48. The second-order valence-electron chi connectivity index (χ2n) is 4.16. The maximum atomic E-state index is 11.2. The SMILES string of the molecule is O=C1N[C@@H]2[C@@H](O)[C@@H](O)[C@@H](CO)O[C@H]2C[C@H]1O. The highest BCUT2D eigenvalue weighted by Gasteiger charge is 2.48. The average molecular weight is 233 g/mol. The van der Waals surface area contributed by atoms with Crippen LogP contribution in [0.15, 0.2) is 0 Å². The van der Waals surface area contributed by atoms with Gasteiger partial charge in [0.1, 0.15) is 24.4 Å². The van der Waals surface area contributed by atoms with Crippen LogP contribution in [0.4, 0.5) is 0 Å². The predicted octanol–water partition coefficient (Wildman–Crippen LogP) is -3.28. The molecule has 0 aliphatic carbocycles. The molecule has 0 bridgehead atoms. The van der Waals surface area contributed by atoms with Crippen LogP contribution in [0, 0.1) is 0 Å². The van der Waals surface area contributed by atoms with Crippen molar-refractivity contribution in [2.45, 2.75) is 43.0 Å². The summed E-state index contributed by atoms with van der Waals surface area (Å²) in [4.78, 5) is 11.2. The minimum absolute atomic E-state index is 0.0524. The summed E-state index contributed by atoms with van der Waals surface area (Å²) in [6, 6.07) is -0.742. The van der Waals surface area contributed by atoms with Gasteiger partial charge in [0.05, 0.1) is 18.8 Å². The molecule has 2 aliphatic rings. The summed E-state index contributed by atoms with van der Waals surface area (Å²) in [6.45, 7) is -0.425. The number of hydrogen-bond donors (Lipinski definition) is 5. The van der Waals surface area contributed by atoms with Crippen LogP contribution in [0.5, 0.6) is 0 Å². The Hall–Kier alpha value is -0.730. The van der Waals surface area contributed by atoms with Gasteiger partial charge in [-0.2, -0.15) is 0 Å². The van der Waals surface area contributed by atoms with E-state index in [2.05, 4.69) is 5.32 Å². The van der Waals surface area contributed by atoms with Crippen LogP contribution in [0.3, 0.4) is 0 Å². The summed E-state index contributed by atoms with van der Waals surface area (Å²) in [7, 11) is 0. The Bertz CT molecular complexity index is 285. The van der Waals surface area contributed by atoms with Crippen molar-refractivity contribution in [2.24, 2.45) is 0 Å². The zero-order chi connectivity index (χ0) is 11.9. The third-order valence-corrected chi connectivity index (χ3v) is 3.10. The molecule has 5 N–H and O–H groups in total. The topological polar surface area (TPSA) is 119 Å². The molecule has 1 amide bonds. The van der Waals surface area contributed by atoms with Gasteiger partial charge in [-0.3, -0.25) is 4.79 Å². The van der Waals surface area contributed by atoms with E-state index in [0.717, 1.165) is 0 Å². The van der Waals surface area contributed by atoms with Gasteiger partial charge in [-0.25, -0.2) is 0 Å². The Balaban J connectivity index is 2.13. The largest absolute Gasteiger partial charge is 0.394 e. The van der Waals surface area contributed by atoms with Crippen LogP contribution in [0.2, 0.25) is 0 Å². The van der Waals surface area contributed by atoms with Gasteiger partial charge in [-0.05, 0) is 0 Å². The summed E-state index contributed by atoms with van der Waals surface area (Å²) in [5.41, 5.74) is 0. The molecule has 0 aromatic heterocycles. The lowest BCUT2D eigenvalue weighted by atomic mass is 9.87. The normalized spacial score (nSPS) is 48.4. The van der Waals surface area contributed by atoms with Crippen LogP contribution in [-0.2, 0) is 9.53 Å². The van der Waals surface area contributed by atoms with Gasteiger partial charge in [-0.15, -0.1) is 0 Å². The fourth-order valence-corrected chi connectivity index (χ4v) is 2.16. The lowest BCUT2D eigenvalue weighted by Crippen LogP contribution is -2.68. The number of rotatable bonds is 1. The number of carbonyl (C=O) groups excluding carboxylic acids is 1. The smallest absolute Gasteiger partial charge is 0.249 e. The number of amides is 1. The summed E-state index contributed by atoms with van der Waals surface area (Å²) in [5, 5.41) is 40.0. The maximum Gasteiger partial charge on any atom is 0.249 e. The van der Waals surface area contributed by atoms with E-state index in [-0.39, 0.29) is 6.42 Å². The molecule has 16 heavy (non-hydrogen) atoms. The predicted molar refractivity (Wildman–Crippen MR) is 50.3 cm³/mol. The second-order valence-corrected chi connectivity index (χ2v) is 4.16. The second kappa shape index (κ2) is 4.27. The number of piperidine rings is 1. The van der Waals surface area contributed by atoms with Gasteiger partial charge in [0, 0.05) is 6.42 Å². The average Bonchev–Trinajstić information content (AvgIpc) is 2.26. The minimum atomic E-state index is -1.25. The van der Waals surface area contributed by atoms with Crippen LogP contribution in [-0.4, -0.2) is 69.5 Å². The number of nitrogens with one attached hydrogen (secondary N) is 1. The molecule has 2 fully saturated rings. The van der Waals surface area contributed by atoms with Crippen molar-refractivity contribution >= 4 is 5.91 Å². The van der Waals surface area contributed by atoms with Crippen LogP contribution in [0.25, 0.3) is 0 Å². The third kappa shape index (κ3) is 1.80. The number of aliphatic hydroxyl groups excluding tert-OH is 4. The van der Waals surface area contributed by atoms with Gasteiger partial charge < -0.3 is 30.5 Å². The molecule has 2 saturated heterocycles. The molecule has 2 rings (SSSR count). The van der Waals surface area contributed by atoms with E-state index in [1.54, 1.807) is 0 Å². The van der Waals surface area contributed by atoms with E-state index in [0.29, 0.717) is 0 Å². The number of ether oxygens (including phenoxy) is 1. The number of fused-ring (bicyclic) bond motifs is 1. The van der Waals surface area contributed by atoms with Crippen molar-refractivity contribution < 1.29 is 30.0 Å². The van der Waals surface area contributed by atoms with Crippen LogP contribution < -0.4 is 5.32 Å². The molecule has 0 unspecified atom stereocenters. The van der Waals surface area contributed by atoms with Gasteiger partial charge in [0.2, 0.25) is 5.91 Å². The first kappa shape index (κ1) is 11.7. The van der Waals surface area contributed by atoms with Gasteiger partial charge >= 0.3 is 0 Å². The van der Waals surface area contributed by atoms with Crippen molar-refractivity contribution in [1.29, 1.82) is 0 Å². The molecule has 0 spiro atoms. The van der Waals surface area contributed by atoms with Crippen LogP contribution >= 0.6 is 0 Å². The first-order valence-corrected chi connectivity index (χ1v) is 5.15. The molecule has 7 heteroatoms. The number of aliphatic hydroxyl groups is 4. The van der Waals surface area contributed by atoms with E-state index in [1.807, 2.05) is 0 Å². The molecule has 92 valence electrons. The quantitative estimate of drug-likeness (QED) is 0.324. The lowest BCUT2D eigenvalue weighted by Gasteiger charge is -2.45. The summed E-state index contributed by atoms with van der Waals surface area (Å²) in [5.74, 6) is -0.585. The minimum Gasteiger partial charge on any atom is -0.394 e. The fraction of sp³-hybridized carbons (Fsp3) is 0.889. The molecule has 0 radical (unpaired) electrons. The van der Waals surface area contributed by atoms with Crippen molar-refractivity contribution in [3.63, 3.8) is 0 Å². The fourth-order valence-electron chi connectivity index (χ4n) is 2.16. The van der Waals surface area contributed by atoms with Gasteiger partial charge in [-0.1, -0.05) is 0 Å². The Labute approximate surface area is 91.6 Å². The Morgan fingerprint density at radius 2 is 2.00 bits per heavy atom. The van der Waals surface area contributed by atoms with E-state index >= 15 is 0 Å². The highest BCUT2D eigenvalue weighted by Crippen LogP contribution is 2.26. The highest BCUT2D eigenvalue weighted by atomic mass is 16.5. The molecular formula is C9H15NO6. The molecule has 0 aromatic rings. The molecule has 0 saturated carbocycles. The van der Waals surface area contributed by atoms with Crippen LogP contribution in [0.1, 0.15) is 6.42 Å². The Morgan fingerprint density at radius 1 is 1.31 bits per heavy atom. The van der Waals surface area contributed by atoms with Gasteiger partial charge in [0.25, 0.3) is 0 Å². The highest BCUT2D eigenvalue weighted by molar-refractivity contribution is 5.82. The standard InChI is InChI=1S/C9H15NO6/c11-2-5-7(13)8(14)6-4(16-5)1-3(12)9(15)10-6/h3-8,11-14H,1-2H2,(H,10,15)/t3-,4+,5-,6+,7+,8-/m1/s1. The molecule has 7 nitrogen and oxygen atoms in total. The summed E-state index contributed by atoms with van der Waals surface area (Å²) in [6.07, 6.45) is -5.06. The molecule has 0 aromatic carbocycles. The van der Waals surface area contributed by atoms with E-state index in [1.165, 1.54) is 0 Å². The summed E-state index contributed by atoms with van der Waals surface area (Å²) >= 11 is 0. The first-order valence-electron chi connectivity index (χ1n) is 5.15. The molecule has 6 atom stereocenters. The van der Waals surface area contributed by atoms with Crippen molar-refractivity contribution in [3.05, 3.63) is 0 Å². The maximum absolute atomic E-state index is 11.2. The van der Waals surface area contributed by atoms with E-state index in [9.17, 15) is 20.1 Å². The lowest BCUT2D eigenvalue weighted by molar-refractivity contribution is -0.209. The molecule has 2 heterocycles. The molecule has 2 aliphatic heterocycles. The van der Waals surface area contributed by atoms with Crippen molar-refractivity contribution in [2.75, 3.05) is 6.61 Å². The van der Waals surface area contributed by atoms with E-state index < -0.39 is 49.1 Å². The zero-order valence-electron chi connectivity index (χ0n) is 8.48.